The maximum atomic E-state index is 11.5. The molecule has 1 N–H and O–H groups in total. The van der Waals surface area contributed by atoms with Crippen molar-refractivity contribution in [2.24, 2.45) is 4.99 Å². The lowest BCUT2D eigenvalue weighted by Gasteiger charge is -2.22. The van der Waals surface area contributed by atoms with Crippen LogP contribution >= 0.6 is 23.2 Å². The molecule has 0 amide bonds. The Bertz CT molecular complexity index is 593. The Balaban J connectivity index is 2.52. The Morgan fingerprint density at radius 3 is 1.62 bits per heavy atom. The molecule has 21 heavy (non-hydrogen) atoms. The molecule has 0 saturated carbocycles. The smallest absolute Gasteiger partial charge is 0.329 e. The molecule has 0 aliphatic heterocycles. The number of hydrogen-bond acceptors (Lipinski definition) is 2. The molecule has 0 aromatic heterocycles. The predicted molar refractivity (Wildman–Crippen MR) is 85.7 cm³/mol. The summed E-state index contributed by atoms with van der Waals surface area (Å²) in [5, 5.41) is 10.6. The van der Waals surface area contributed by atoms with E-state index in [-0.39, 0.29) is 0 Å². The summed E-state index contributed by atoms with van der Waals surface area (Å²) in [5.74, 6) is -1.48. The van der Waals surface area contributed by atoms with E-state index in [1.165, 1.54) is 0 Å². The Morgan fingerprint density at radius 1 is 0.952 bits per heavy atom. The Morgan fingerprint density at radius 2 is 1.33 bits per heavy atom. The molecule has 0 aliphatic carbocycles. The zero-order valence-corrected chi connectivity index (χ0v) is 12.6. The summed E-state index contributed by atoms with van der Waals surface area (Å²) in [4.78, 5) is 15.2. The van der Waals surface area contributed by atoms with Crippen LogP contribution in [0.4, 0.5) is 0 Å². The van der Waals surface area contributed by atoms with Gasteiger partial charge in [-0.25, -0.2) is 4.79 Å². The number of aliphatic imine (C=N–C) groups is 1. The van der Waals surface area contributed by atoms with Gasteiger partial charge in [0.2, 0.25) is 0 Å². The van der Waals surface area contributed by atoms with Gasteiger partial charge in [0.15, 0.2) is 6.04 Å². The molecule has 0 spiro atoms. The highest BCUT2D eigenvalue weighted by Gasteiger charge is 2.29. The summed E-state index contributed by atoms with van der Waals surface area (Å²) >= 11 is 11.8. The number of carboxylic acid groups (broad SMARTS) is 1. The number of nitrogens with zero attached hydrogens (tertiary/aromatic N) is 1. The number of hydrogen-bond donors (Lipinski definition) is 1. The third-order valence-electron chi connectivity index (χ3n) is 3.22. The summed E-state index contributed by atoms with van der Waals surface area (Å²) < 4.78 is 0. The van der Waals surface area contributed by atoms with Gasteiger partial charge in [-0.1, -0.05) is 47.5 Å². The van der Waals surface area contributed by atoms with E-state index in [0.717, 1.165) is 11.1 Å². The fourth-order valence-corrected chi connectivity index (χ4v) is 2.48. The van der Waals surface area contributed by atoms with Gasteiger partial charge in [0.05, 0.1) is 0 Å². The second kappa shape index (κ2) is 6.74. The van der Waals surface area contributed by atoms with Gasteiger partial charge in [0.1, 0.15) is 0 Å². The monoisotopic (exact) mass is 321 g/mol. The second-order valence-corrected chi connectivity index (χ2v) is 5.42. The molecule has 0 unspecified atom stereocenters. The Kier molecular flexibility index (Phi) is 4.99. The van der Waals surface area contributed by atoms with Crippen LogP contribution in [0.25, 0.3) is 0 Å². The van der Waals surface area contributed by atoms with Gasteiger partial charge < -0.3 is 5.11 Å². The van der Waals surface area contributed by atoms with Crippen LogP contribution in [0.2, 0.25) is 10.0 Å². The minimum Gasteiger partial charge on any atom is -0.480 e. The molecule has 2 aromatic rings. The van der Waals surface area contributed by atoms with E-state index >= 15 is 0 Å². The van der Waals surface area contributed by atoms with E-state index in [0.29, 0.717) is 10.0 Å². The number of benzene rings is 2. The van der Waals surface area contributed by atoms with E-state index < -0.39 is 17.9 Å². The van der Waals surface area contributed by atoms with E-state index in [2.05, 4.69) is 11.7 Å². The molecule has 0 saturated heterocycles. The first kappa shape index (κ1) is 15.5. The molecular formula is C16H13Cl2NO2. The predicted octanol–water partition coefficient (Wildman–Crippen LogP) is 4.28. The lowest BCUT2D eigenvalue weighted by atomic mass is 9.85. The number of aliphatic carboxylic acids is 1. The second-order valence-electron chi connectivity index (χ2n) is 4.55. The average molecular weight is 322 g/mol. The summed E-state index contributed by atoms with van der Waals surface area (Å²) in [7, 11) is 0. The van der Waals surface area contributed by atoms with Crippen LogP contribution in [0.3, 0.4) is 0 Å². The molecule has 0 heterocycles. The molecule has 2 rings (SSSR count). The van der Waals surface area contributed by atoms with Gasteiger partial charge in [-0.3, -0.25) is 4.99 Å². The standard InChI is InChI=1S/C16H13Cl2NO2/c1-19-15(16(20)21)14(10-2-6-12(17)7-3-10)11-4-8-13(18)9-5-11/h2-9,14-15H,1H2,(H,20,21)/t15-/m0/s1. The molecule has 0 fully saturated rings. The highest BCUT2D eigenvalue weighted by molar-refractivity contribution is 6.30. The van der Waals surface area contributed by atoms with Crippen LogP contribution in [0.1, 0.15) is 17.0 Å². The van der Waals surface area contributed by atoms with E-state index in [1.54, 1.807) is 48.5 Å². The largest absolute Gasteiger partial charge is 0.480 e. The highest BCUT2D eigenvalue weighted by atomic mass is 35.5. The summed E-state index contributed by atoms with van der Waals surface area (Å²) in [6.07, 6.45) is 0. The molecule has 108 valence electrons. The van der Waals surface area contributed by atoms with Crippen molar-refractivity contribution in [3.63, 3.8) is 0 Å². The lowest BCUT2D eigenvalue weighted by Crippen LogP contribution is -2.26. The first-order valence-electron chi connectivity index (χ1n) is 6.22. The van der Waals surface area contributed by atoms with Crippen LogP contribution in [-0.4, -0.2) is 23.8 Å². The molecule has 0 bridgehead atoms. The average Bonchev–Trinajstić information content (AvgIpc) is 2.46. The quantitative estimate of drug-likeness (QED) is 0.835. The fourth-order valence-electron chi connectivity index (χ4n) is 2.22. The molecule has 2 aromatic carbocycles. The van der Waals surface area contributed by atoms with Crippen molar-refractivity contribution < 1.29 is 9.90 Å². The van der Waals surface area contributed by atoms with Gasteiger partial charge in [-0.15, -0.1) is 0 Å². The van der Waals surface area contributed by atoms with E-state index in [1.807, 2.05) is 0 Å². The molecule has 1 atom stereocenters. The van der Waals surface area contributed by atoms with Crippen molar-refractivity contribution in [3.8, 4) is 0 Å². The lowest BCUT2D eigenvalue weighted by molar-refractivity contribution is -0.138. The van der Waals surface area contributed by atoms with E-state index in [4.69, 9.17) is 23.2 Å². The maximum absolute atomic E-state index is 11.5. The number of carboxylic acids is 1. The van der Waals surface area contributed by atoms with Gasteiger partial charge in [-0.05, 0) is 42.1 Å². The molecule has 0 aliphatic rings. The van der Waals surface area contributed by atoms with Crippen LogP contribution in [0.15, 0.2) is 53.5 Å². The van der Waals surface area contributed by atoms with Crippen molar-refractivity contribution >= 4 is 35.9 Å². The molecule has 5 heteroatoms. The van der Waals surface area contributed by atoms with Crippen molar-refractivity contribution in [1.82, 2.24) is 0 Å². The van der Waals surface area contributed by atoms with Crippen LogP contribution in [0.5, 0.6) is 0 Å². The van der Waals surface area contributed by atoms with Gasteiger partial charge in [0, 0.05) is 16.0 Å². The zero-order valence-electron chi connectivity index (χ0n) is 11.0. The minimum absolute atomic E-state index is 0.450. The minimum atomic E-state index is -1.03. The van der Waals surface area contributed by atoms with Crippen LogP contribution in [-0.2, 0) is 4.79 Å². The van der Waals surface area contributed by atoms with Crippen LogP contribution in [0, 0.1) is 0 Å². The molecule has 0 radical (unpaired) electrons. The third kappa shape index (κ3) is 3.63. The first-order valence-corrected chi connectivity index (χ1v) is 6.98. The van der Waals surface area contributed by atoms with Gasteiger partial charge in [-0.2, -0.15) is 0 Å². The maximum Gasteiger partial charge on any atom is 0.329 e. The molecular weight excluding hydrogens is 309 g/mol. The SMILES string of the molecule is C=N[C@H](C(=O)O)C(c1ccc(Cl)cc1)c1ccc(Cl)cc1. The van der Waals surface area contributed by atoms with Gasteiger partial charge >= 0.3 is 5.97 Å². The van der Waals surface area contributed by atoms with E-state index in [9.17, 15) is 9.90 Å². The normalized spacial score (nSPS) is 12.1. The summed E-state index contributed by atoms with van der Waals surface area (Å²) in [6.45, 7) is 3.41. The number of carbonyl (C=O) groups is 1. The first-order chi connectivity index (χ1) is 10.0. The topological polar surface area (TPSA) is 49.7 Å². The van der Waals surface area contributed by atoms with Crippen molar-refractivity contribution in [3.05, 3.63) is 69.7 Å². The highest BCUT2D eigenvalue weighted by Crippen LogP contribution is 2.31. The van der Waals surface area contributed by atoms with Crippen molar-refractivity contribution in [1.29, 1.82) is 0 Å². The van der Waals surface area contributed by atoms with Crippen molar-refractivity contribution in [2.45, 2.75) is 12.0 Å². The third-order valence-corrected chi connectivity index (χ3v) is 3.73. The number of halogens is 2. The van der Waals surface area contributed by atoms with Crippen LogP contribution < -0.4 is 0 Å². The number of rotatable bonds is 5. The van der Waals surface area contributed by atoms with Crippen molar-refractivity contribution in [2.75, 3.05) is 0 Å². The zero-order chi connectivity index (χ0) is 15.4. The summed E-state index contributed by atoms with van der Waals surface area (Å²) in [5.41, 5.74) is 1.61. The van der Waals surface area contributed by atoms with Gasteiger partial charge in [0.25, 0.3) is 0 Å². The fraction of sp³-hybridized carbons (Fsp3) is 0.125. The Hall–Kier alpha value is -1.84. The summed E-state index contributed by atoms with van der Waals surface area (Å²) in [6, 6.07) is 13.1. The molecule has 3 nitrogen and oxygen atoms in total. The Labute approximate surface area is 132 Å².